The molecular weight excluding hydrogens is 235 g/mol. The quantitative estimate of drug-likeness (QED) is 0.789. The van der Waals surface area contributed by atoms with Gasteiger partial charge in [-0.15, -0.1) is 0 Å². The number of anilines is 1. The summed E-state index contributed by atoms with van der Waals surface area (Å²) in [5.74, 6) is -0.263. The standard InChI is InChI=1S/C13H17FN2S/c1-9-6-7-12(11(14)8-9)16-13(17)15-10-4-2-3-5-10/h6-8,10H,2-5H2,1H3,(H2,15,16,17). The SMILES string of the molecule is Cc1ccc(NC(=S)NC2CCCC2)c(F)c1. The van der Waals surface area contributed by atoms with E-state index < -0.39 is 0 Å². The number of thiocarbonyl (C=S) groups is 1. The zero-order chi connectivity index (χ0) is 12.3. The second kappa shape index (κ2) is 5.45. The lowest BCUT2D eigenvalue weighted by molar-refractivity contribution is 0.625. The summed E-state index contributed by atoms with van der Waals surface area (Å²) < 4.78 is 13.6. The molecule has 0 aliphatic heterocycles. The van der Waals surface area contributed by atoms with E-state index in [0.29, 0.717) is 16.8 Å². The third-order valence-electron chi connectivity index (χ3n) is 3.06. The molecule has 0 saturated heterocycles. The average molecular weight is 252 g/mol. The zero-order valence-corrected chi connectivity index (χ0v) is 10.7. The van der Waals surface area contributed by atoms with Gasteiger partial charge in [-0.2, -0.15) is 0 Å². The molecule has 1 saturated carbocycles. The van der Waals surface area contributed by atoms with Crippen molar-refractivity contribution in [3.63, 3.8) is 0 Å². The Kier molecular flexibility index (Phi) is 3.94. The largest absolute Gasteiger partial charge is 0.360 e. The van der Waals surface area contributed by atoms with E-state index >= 15 is 0 Å². The summed E-state index contributed by atoms with van der Waals surface area (Å²) in [7, 11) is 0. The minimum absolute atomic E-state index is 0.263. The smallest absolute Gasteiger partial charge is 0.171 e. The first-order valence-electron chi connectivity index (χ1n) is 5.99. The summed E-state index contributed by atoms with van der Waals surface area (Å²) in [5, 5.41) is 6.65. The topological polar surface area (TPSA) is 24.1 Å². The molecule has 0 atom stereocenters. The fraction of sp³-hybridized carbons (Fsp3) is 0.462. The van der Waals surface area contributed by atoms with E-state index in [-0.39, 0.29) is 5.82 Å². The average Bonchev–Trinajstić information content (AvgIpc) is 2.75. The van der Waals surface area contributed by atoms with Crippen LogP contribution in [0.3, 0.4) is 0 Å². The second-order valence-corrected chi connectivity index (χ2v) is 4.97. The van der Waals surface area contributed by atoms with Crippen molar-refractivity contribution < 1.29 is 4.39 Å². The van der Waals surface area contributed by atoms with Crippen LogP contribution in [0.25, 0.3) is 0 Å². The molecule has 0 aromatic heterocycles. The molecule has 17 heavy (non-hydrogen) atoms. The predicted octanol–water partition coefficient (Wildman–Crippen LogP) is 3.36. The highest BCUT2D eigenvalue weighted by molar-refractivity contribution is 7.80. The van der Waals surface area contributed by atoms with E-state index in [0.717, 1.165) is 18.4 Å². The van der Waals surface area contributed by atoms with E-state index in [9.17, 15) is 4.39 Å². The molecule has 1 aliphatic rings. The molecule has 2 N–H and O–H groups in total. The molecule has 4 heteroatoms. The first-order valence-corrected chi connectivity index (χ1v) is 6.39. The Balaban J connectivity index is 1.93. The number of benzene rings is 1. The maximum atomic E-state index is 13.6. The van der Waals surface area contributed by atoms with Gasteiger partial charge in [0.2, 0.25) is 0 Å². The number of rotatable bonds is 2. The molecule has 0 unspecified atom stereocenters. The number of hydrogen-bond donors (Lipinski definition) is 2. The van der Waals surface area contributed by atoms with Crippen molar-refractivity contribution in [2.24, 2.45) is 0 Å². The maximum absolute atomic E-state index is 13.6. The Morgan fingerprint density at radius 1 is 1.35 bits per heavy atom. The molecule has 0 bridgehead atoms. The third-order valence-corrected chi connectivity index (χ3v) is 3.28. The lowest BCUT2D eigenvalue weighted by atomic mass is 10.2. The van der Waals surface area contributed by atoms with Crippen LogP contribution >= 0.6 is 12.2 Å². The van der Waals surface area contributed by atoms with Gasteiger partial charge in [0.05, 0.1) is 5.69 Å². The Hall–Kier alpha value is -1.16. The normalized spacial score (nSPS) is 15.9. The van der Waals surface area contributed by atoms with Crippen LogP contribution in [0.15, 0.2) is 18.2 Å². The fourth-order valence-electron chi connectivity index (χ4n) is 2.14. The van der Waals surface area contributed by atoms with Gasteiger partial charge >= 0.3 is 0 Å². The van der Waals surface area contributed by atoms with Gasteiger partial charge in [0, 0.05) is 6.04 Å². The minimum atomic E-state index is -0.263. The molecule has 0 heterocycles. The minimum Gasteiger partial charge on any atom is -0.360 e. The first kappa shape index (κ1) is 12.3. The maximum Gasteiger partial charge on any atom is 0.171 e. The summed E-state index contributed by atoms with van der Waals surface area (Å²) >= 11 is 5.18. The number of hydrogen-bond acceptors (Lipinski definition) is 1. The highest BCUT2D eigenvalue weighted by atomic mass is 32.1. The molecule has 2 rings (SSSR count). The molecule has 1 fully saturated rings. The second-order valence-electron chi connectivity index (χ2n) is 4.56. The van der Waals surface area contributed by atoms with E-state index in [1.165, 1.54) is 18.9 Å². The molecule has 0 radical (unpaired) electrons. The fourth-order valence-corrected chi connectivity index (χ4v) is 2.41. The van der Waals surface area contributed by atoms with E-state index in [1.807, 2.05) is 13.0 Å². The van der Waals surface area contributed by atoms with E-state index in [2.05, 4.69) is 10.6 Å². The third kappa shape index (κ3) is 3.40. The summed E-state index contributed by atoms with van der Waals surface area (Å²) in [6.07, 6.45) is 4.80. The first-order chi connectivity index (χ1) is 8.15. The van der Waals surface area contributed by atoms with Crippen LogP contribution in [-0.4, -0.2) is 11.2 Å². The van der Waals surface area contributed by atoms with Gasteiger partial charge in [0.15, 0.2) is 5.11 Å². The molecule has 92 valence electrons. The number of halogens is 1. The monoisotopic (exact) mass is 252 g/mol. The van der Waals surface area contributed by atoms with Gasteiger partial charge in [-0.05, 0) is 49.7 Å². The number of aryl methyl sites for hydroxylation is 1. The van der Waals surface area contributed by atoms with Crippen LogP contribution in [0.1, 0.15) is 31.2 Å². The highest BCUT2D eigenvalue weighted by Gasteiger charge is 2.15. The van der Waals surface area contributed by atoms with Gasteiger partial charge in [-0.25, -0.2) is 4.39 Å². The van der Waals surface area contributed by atoms with Crippen LogP contribution < -0.4 is 10.6 Å². The van der Waals surface area contributed by atoms with Crippen molar-refractivity contribution in [3.8, 4) is 0 Å². The van der Waals surface area contributed by atoms with Crippen molar-refractivity contribution >= 4 is 23.0 Å². The van der Waals surface area contributed by atoms with Crippen LogP contribution in [0, 0.1) is 12.7 Å². The van der Waals surface area contributed by atoms with Crippen molar-refractivity contribution in [2.75, 3.05) is 5.32 Å². The van der Waals surface area contributed by atoms with Gasteiger partial charge in [0.1, 0.15) is 5.82 Å². The van der Waals surface area contributed by atoms with Gasteiger partial charge in [-0.3, -0.25) is 0 Å². The number of nitrogens with one attached hydrogen (secondary N) is 2. The Morgan fingerprint density at radius 3 is 2.71 bits per heavy atom. The Labute approximate surface area is 107 Å². The van der Waals surface area contributed by atoms with Crippen LogP contribution in [0.4, 0.5) is 10.1 Å². The lowest BCUT2D eigenvalue weighted by Gasteiger charge is -2.16. The van der Waals surface area contributed by atoms with Gasteiger partial charge in [0.25, 0.3) is 0 Å². The van der Waals surface area contributed by atoms with Gasteiger partial charge < -0.3 is 10.6 Å². The highest BCUT2D eigenvalue weighted by Crippen LogP contribution is 2.18. The summed E-state index contributed by atoms with van der Waals surface area (Å²) in [5.41, 5.74) is 1.34. The molecule has 2 nitrogen and oxygen atoms in total. The Bertz CT molecular complexity index is 414. The van der Waals surface area contributed by atoms with E-state index in [4.69, 9.17) is 12.2 Å². The van der Waals surface area contributed by atoms with E-state index in [1.54, 1.807) is 6.07 Å². The molecule has 0 spiro atoms. The van der Waals surface area contributed by atoms with Crippen molar-refractivity contribution in [1.29, 1.82) is 0 Å². The van der Waals surface area contributed by atoms with Crippen LogP contribution in [0.2, 0.25) is 0 Å². The van der Waals surface area contributed by atoms with Crippen LogP contribution in [0.5, 0.6) is 0 Å². The molecule has 1 aromatic carbocycles. The molecule has 1 aromatic rings. The summed E-state index contributed by atoms with van der Waals surface area (Å²) in [4.78, 5) is 0. The zero-order valence-electron chi connectivity index (χ0n) is 9.92. The molecule has 1 aliphatic carbocycles. The van der Waals surface area contributed by atoms with Crippen molar-refractivity contribution in [2.45, 2.75) is 38.6 Å². The Morgan fingerprint density at radius 2 is 2.06 bits per heavy atom. The summed E-state index contributed by atoms with van der Waals surface area (Å²) in [6.45, 7) is 1.86. The predicted molar refractivity (Wildman–Crippen MR) is 72.7 cm³/mol. The van der Waals surface area contributed by atoms with Crippen molar-refractivity contribution in [1.82, 2.24) is 5.32 Å². The lowest BCUT2D eigenvalue weighted by Crippen LogP contribution is -2.36. The molecular formula is C13H17FN2S. The summed E-state index contributed by atoms with van der Waals surface area (Å²) in [6, 6.07) is 5.53. The van der Waals surface area contributed by atoms with Crippen molar-refractivity contribution in [3.05, 3.63) is 29.6 Å². The van der Waals surface area contributed by atoms with Gasteiger partial charge in [-0.1, -0.05) is 18.9 Å². The molecule has 0 amide bonds. The van der Waals surface area contributed by atoms with Crippen LogP contribution in [-0.2, 0) is 0 Å².